The van der Waals surface area contributed by atoms with Crippen molar-refractivity contribution in [2.75, 3.05) is 47.5 Å². The molecule has 0 aromatic heterocycles. The average Bonchev–Trinajstić information content (AvgIpc) is 3.23. The minimum Gasteiger partial charge on any atom is -0.756 e. The smallest absolute Gasteiger partial charge is 0.306 e. The number of phosphoric acid groups is 1. The number of carbonyl (C=O) groups is 2. The second-order valence-electron chi connectivity index (χ2n) is 19.2. The molecule has 9 nitrogen and oxygen atoms in total. The number of likely N-dealkylation sites (N-methyl/N-ethyl adjacent to an activating group) is 1. The van der Waals surface area contributed by atoms with Gasteiger partial charge in [0.05, 0.1) is 27.7 Å². The van der Waals surface area contributed by atoms with E-state index in [0.717, 1.165) is 51.4 Å². The lowest BCUT2D eigenvalue weighted by Crippen LogP contribution is -2.37. The first kappa shape index (κ1) is 60.8. The van der Waals surface area contributed by atoms with Gasteiger partial charge in [-0.15, -0.1) is 0 Å². The third kappa shape index (κ3) is 48.2. The van der Waals surface area contributed by atoms with E-state index in [1.54, 1.807) is 0 Å². The van der Waals surface area contributed by atoms with Gasteiger partial charge in [-0.25, -0.2) is 0 Å². The number of carbonyl (C=O) groups excluding carboxylic acids is 2. The van der Waals surface area contributed by atoms with E-state index in [1.807, 2.05) is 21.1 Å². The molecule has 0 heterocycles. The number of hydrogen-bond donors (Lipinski definition) is 0. The molecule has 368 valence electrons. The van der Waals surface area contributed by atoms with E-state index in [-0.39, 0.29) is 32.0 Å². The van der Waals surface area contributed by atoms with Crippen molar-refractivity contribution in [2.24, 2.45) is 0 Å². The van der Waals surface area contributed by atoms with E-state index in [0.29, 0.717) is 17.4 Å². The van der Waals surface area contributed by atoms with Crippen LogP contribution in [0.5, 0.6) is 0 Å². The maximum Gasteiger partial charge on any atom is 0.306 e. The summed E-state index contributed by atoms with van der Waals surface area (Å²) in [4.78, 5) is 37.7. The Morgan fingerprint density at radius 3 is 1.19 bits per heavy atom. The summed E-state index contributed by atoms with van der Waals surface area (Å²) < 4.78 is 34.1. The molecular formula is C52H102NO8P. The number of quaternary nitrogens is 1. The molecule has 0 spiro atoms. The van der Waals surface area contributed by atoms with Crippen molar-refractivity contribution in [2.45, 2.75) is 264 Å². The van der Waals surface area contributed by atoms with Crippen LogP contribution < -0.4 is 4.89 Å². The minimum atomic E-state index is -4.63. The van der Waals surface area contributed by atoms with Crippen LogP contribution in [0.3, 0.4) is 0 Å². The van der Waals surface area contributed by atoms with Crippen molar-refractivity contribution in [3.8, 4) is 0 Å². The monoisotopic (exact) mass is 900 g/mol. The molecule has 0 saturated carbocycles. The molecule has 0 amide bonds. The highest BCUT2D eigenvalue weighted by Crippen LogP contribution is 2.38. The van der Waals surface area contributed by atoms with E-state index in [4.69, 9.17) is 18.5 Å². The first-order valence-corrected chi connectivity index (χ1v) is 27.9. The lowest BCUT2D eigenvalue weighted by atomic mass is 10.0. The number of esters is 2. The predicted molar refractivity (Wildman–Crippen MR) is 259 cm³/mol. The van der Waals surface area contributed by atoms with Gasteiger partial charge in [0.1, 0.15) is 19.8 Å². The normalized spacial score (nSPS) is 13.5. The van der Waals surface area contributed by atoms with Crippen molar-refractivity contribution in [1.82, 2.24) is 0 Å². The summed E-state index contributed by atoms with van der Waals surface area (Å²) in [5.41, 5.74) is 0. The second kappa shape index (κ2) is 44.9. The van der Waals surface area contributed by atoms with Crippen LogP contribution in [0.4, 0.5) is 0 Å². The Hall–Kier alpha value is -1.25. The summed E-state index contributed by atoms with van der Waals surface area (Å²) in [6.45, 7) is 4.27. The summed E-state index contributed by atoms with van der Waals surface area (Å²) in [6, 6.07) is 0. The Balaban J connectivity index is 4.18. The molecule has 0 aromatic carbocycles. The van der Waals surface area contributed by atoms with Crippen LogP contribution in [0.25, 0.3) is 0 Å². The minimum absolute atomic E-state index is 0.0290. The van der Waals surface area contributed by atoms with Crippen molar-refractivity contribution in [1.29, 1.82) is 0 Å². The first-order chi connectivity index (χ1) is 30.0. The van der Waals surface area contributed by atoms with Crippen LogP contribution >= 0.6 is 7.82 Å². The number of unbranched alkanes of at least 4 members (excludes halogenated alkanes) is 33. The third-order valence-electron chi connectivity index (χ3n) is 11.8. The van der Waals surface area contributed by atoms with E-state index in [1.165, 1.54) is 173 Å². The maximum absolute atomic E-state index is 12.7. The summed E-state index contributed by atoms with van der Waals surface area (Å²) in [7, 11) is 1.17. The van der Waals surface area contributed by atoms with Crippen molar-refractivity contribution in [3.63, 3.8) is 0 Å². The summed E-state index contributed by atoms with van der Waals surface area (Å²) in [5, 5.41) is 0. The molecule has 0 aliphatic heterocycles. The summed E-state index contributed by atoms with van der Waals surface area (Å²) in [6.07, 6.45) is 49.6. The fourth-order valence-electron chi connectivity index (χ4n) is 7.65. The Morgan fingerprint density at radius 1 is 0.484 bits per heavy atom. The highest BCUT2D eigenvalue weighted by atomic mass is 31.2. The van der Waals surface area contributed by atoms with Crippen molar-refractivity contribution in [3.05, 3.63) is 12.2 Å². The second-order valence-corrected chi connectivity index (χ2v) is 20.7. The van der Waals surface area contributed by atoms with Gasteiger partial charge in [0.25, 0.3) is 7.82 Å². The van der Waals surface area contributed by atoms with E-state index < -0.39 is 26.5 Å². The molecule has 62 heavy (non-hydrogen) atoms. The van der Waals surface area contributed by atoms with Crippen LogP contribution in [-0.2, 0) is 32.7 Å². The molecule has 0 fully saturated rings. The lowest BCUT2D eigenvalue weighted by Gasteiger charge is -2.28. The Bertz CT molecular complexity index is 1060. The van der Waals surface area contributed by atoms with Gasteiger partial charge in [-0.05, 0) is 38.5 Å². The van der Waals surface area contributed by atoms with Gasteiger partial charge < -0.3 is 27.9 Å². The summed E-state index contributed by atoms with van der Waals surface area (Å²) in [5.74, 6) is -0.828. The van der Waals surface area contributed by atoms with Gasteiger partial charge in [-0.2, -0.15) is 0 Å². The molecule has 10 heteroatoms. The topological polar surface area (TPSA) is 111 Å². The highest BCUT2D eigenvalue weighted by Gasteiger charge is 2.21. The number of allylic oxidation sites excluding steroid dienone is 2. The molecule has 0 aliphatic carbocycles. The van der Waals surface area contributed by atoms with Gasteiger partial charge in [-0.1, -0.05) is 219 Å². The van der Waals surface area contributed by atoms with E-state index in [2.05, 4.69) is 26.0 Å². The Labute approximate surface area is 384 Å². The third-order valence-corrected chi connectivity index (χ3v) is 12.7. The first-order valence-electron chi connectivity index (χ1n) is 26.4. The molecule has 0 aliphatic rings. The molecule has 0 bridgehead atoms. The van der Waals surface area contributed by atoms with Crippen LogP contribution in [0.1, 0.15) is 258 Å². The SMILES string of the molecule is CCCCCCCCC/C=C\CCCCCCCC(=O)OC(COC(=O)CCCCCCCCCCCCCCCCCCCCCCCC)COP(=O)([O-])OCC[N+](C)(C)C. The number of rotatable bonds is 49. The zero-order valence-corrected chi connectivity index (χ0v) is 42.5. The molecule has 0 aromatic rings. The number of phosphoric ester groups is 1. The highest BCUT2D eigenvalue weighted by molar-refractivity contribution is 7.45. The van der Waals surface area contributed by atoms with E-state index in [9.17, 15) is 19.0 Å². The molecule has 0 N–H and O–H groups in total. The Kier molecular flexibility index (Phi) is 44.0. The van der Waals surface area contributed by atoms with Gasteiger partial charge in [-0.3, -0.25) is 14.2 Å². The largest absolute Gasteiger partial charge is 0.756 e. The van der Waals surface area contributed by atoms with Gasteiger partial charge >= 0.3 is 11.9 Å². The molecule has 2 unspecified atom stereocenters. The van der Waals surface area contributed by atoms with Crippen molar-refractivity contribution >= 4 is 19.8 Å². The lowest BCUT2D eigenvalue weighted by molar-refractivity contribution is -0.870. The maximum atomic E-state index is 12.7. The van der Waals surface area contributed by atoms with Crippen molar-refractivity contribution < 1.29 is 42.1 Å². The standard InChI is InChI=1S/C52H102NO8P/c1-6-8-10-12-14-16-18-20-22-24-25-26-27-28-29-31-32-34-36-38-40-42-44-51(54)58-48-50(49-60-62(56,57)59-47-46-53(3,4)5)61-52(55)45-43-41-39-37-35-33-30-23-21-19-17-15-13-11-9-7-2/h23,30,50H,6-22,24-29,31-49H2,1-5H3/b30-23-. The fraction of sp³-hybridized carbons (Fsp3) is 0.923. The molecule has 0 saturated heterocycles. The molecule has 2 atom stereocenters. The van der Waals surface area contributed by atoms with Crippen LogP contribution in [0.2, 0.25) is 0 Å². The van der Waals surface area contributed by atoms with Crippen LogP contribution in [-0.4, -0.2) is 70.0 Å². The van der Waals surface area contributed by atoms with Gasteiger partial charge in [0, 0.05) is 12.8 Å². The number of ether oxygens (including phenoxy) is 2. The predicted octanol–water partition coefficient (Wildman–Crippen LogP) is 15.1. The average molecular weight is 900 g/mol. The fourth-order valence-corrected chi connectivity index (χ4v) is 8.38. The zero-order valence-electron chi connectivity index (χ0n) is 41.6. The van der Waals surface area contributed by atoms with Crippen LogP contribution in [0.15, 0.2) is 12.2 Å². The van der Waals surface area contributed by atoms with E-state index >= 15 is 0 Å². The van der Waals surface area contributed by atoms with Gasteiger partial charge in [0.15, 0.2) is 6.10 Å². The zero-order chi connectivity index (χ0) is 45.7. The Morgan fingerprint density at radius 2 is 0.823 bits per heavy atom. The van der Waals surface area contributed by atoms with Gasteiger partial charge in [0.2, 0.25) is 0 Å². The number of nitrogens with zero attached hydrogens (tertiary/aromatic N) is 1. The quantitative estimate of drug-likeness (QED) is 0.0195. The molecule has 0 rings (SSSR count). The molecular weight excluding hydrogens is 798 g/mol. The molecule has 0 radical (unpaired) electrons. The number of hydrogen-bond acceptors (Lipinski definition) is 8. The summed E-state index contributed by atoms with van der Waals surface area (Å²) >= 11 is 0. The van der Waals surface area contributed by atoms with Crippen LogP contribution in [0, 0.1) is 0 Å².